The Hall–Kier alpha value is -4.65. The summed E-state index contributed by atoms with van der Waals surface area (Å²) in [5.74, 6) is 0.615. The van der Waals surface area contributed by atoms with Gasteiger partial charge in [0.1, 0.15) is 17.2 Å². The van der Waals surface area contributed by atoms with Gasteiger partial charge in [0, 0.05) is 5.56 Å². The zero-order valence-electron chi connectivity index (χ0n) is 19.4. The van der Waals surface area contributed by atoms with Gasteiger partial charge in [-0.05, 0) is 60.2 Å². The molecule has 0 atom stereocenters. The summed E-state index contributed by atoms with van der Waals surface area (Å²) in [7, 11) is 1.56. The van der Waals surface area contributed by atoms with Crippen LogP contribution in [0.5, 0.6) is 17.2 Å². The summed E-state index contributed by atoms with van der Waals surface area (Å²) in [5, 5.41) is 5.83. The van der Waals surface area contributed by atoms with Gasteiger partial charge < -0.3 is 14.2 Å². The molecule has 0 spiro atoms. The monoisotopic (exact) mass is 468 g/mol. The van der Waals surface area contributed by atoms with Crippen molar-refractivity contribution in [1.82, 2.24) is 5.43 Å². The zero-order chi connectivity index (χ0) is 24.6. The van der Waals surface area contributed by atoms with Gasteiger partial charge in [-0.25, -0.2) is 10.2 Å². The third kappa shape index (κ3) is 6.03. The molecule has 4 aromatic rings. The number of esters is 1. The number of aryl methyl sites for hydroxylation is 1. The second kappa shape index (κ2) is 11.0. The summed E-state index contributed by atoms with van der Waals surface area (Å²) < 4.78 is 16.3. The van der Waals surface area contributed by atoms with Crippen molar-refractivity contribution < 1.29 is 23.8 Å². The molecule has 0 saturated heterocycles. The van der Waals surface area contributed by atoms with Crippen LogP contribution < -0.4 is 19.6 Å². The number of fused-ring (bicyclic) bond motifs is 1. The quantitative estimate of drug-likeness (QED) is 0.172. The normalized spacial score (nSPS) is 10.8. The van der Waals surface area contributed by atoms with Crippen LogP contribution in [0.2, 0.25) is 0 Å². The van der Waals surface area contributed by atoms with E-state index in [0.717, 1.165) is 16.3 Å². The molecule has 0 unspecified atom stereocenters. The van der Waals surface area contributed by atoms with E-state index < -0.39 is 11.9 Å². The van der Waals surface area contributed by atoms with E-state index >= 15 is 0 Å². The van der Waals surface area contributed by atoms with Crippen LogP contribution in [0.3, 0.4) is 0 Å². The first-order valence-electron chi connectivity index (χ1n) is 10.9. The maximum absolute atomic E-state index is 12.7. The second-order valence-corrected chi connectivity index (χ2v) is 7.71. The van der Waals surface area contributed by atoms with Crippen LogP contribution in [0.1, 0.15) is 21.5 Å². The molecule has 1 N–H and O–H groups in total. The Morgan fingerprint density at radius 3 is 2.34 bits per heavy atom. The number of hydrazone groups is 1. The van der Waals surface area contributed by atoms with Crippen molar-refractivity contribution >= 4 is 28.9 Å². The number of hydrogen-bond acceptors (Lipinski definition) is 6. The number of amides is 1. The average Bonchev–Trinajstić information content (AvgIpc) is 2.89. The number of methoxy groups -OCH3 is 1. The van der Waals surface area contributed by atoms with Gasteiger partial charge in [-0.15, -0.1) is 0 Å². The van der Waals surface area contributed by atoms with Crippen LogP contribution in [0, 0.1) is 6.92 Å². The Kier molecular flexibility index (Phi) is 7.37. The minimum Gasteiger partial charge on any atom is -0.497 e. The highest BCUT2D eigenvalue weighted by molar-refractivity contribution is 6.04. The number of carbonyl (C=O) groups excluding carboxylic acids is 2. The van der Waals surface area contributed by atoms with Crippen molar-refractivity contribution in [1.29, 1.82) is 0 Å². The fraction of sp³-hybridized carbons (Fsp3) is 0.107. The fourth-order valence-electron chi connectivity index (χ4n) is 3.37. The molecule has 0 radical (unpaired) electrons. The molecule has 7 nitrogen and oxygen atoms in total. The smallest absolute Gasteiger partial charge is 0.343 e. The van der Waals surface area contributed by atoms with Gasteiger partial charge in [-0.3, -0.25) is 4.79 Å². The maximum atomic E-state index is 12.7. The minimum atomic E-state index is -0.520. The molecule has 0 heterocycles. The highest BCUT2D eigenvalue weighted by Gasteiger charge is 2.14. The number of carbonyl (C=O) groups is 2. The Labute approximate surface area is 202 Å². The number of ether oxygens (including phenoxy) is 3. The lowest BCUT2D eigenvalue weighted by atomic mass is 10.0. The van der Waals surface area contributed by atoms with E-state index in [4.69, 9.17) is 14.2 Å². The van der Waals surface area contributed by atoms with Crippen molar-refractivity contribution in [3.05, 3.63) is 102 Å². The van der Waals surface area contributed by atoms with E-state index in [1.54, 1.807) is 49.6 Å². The number of nitrogens with zero attached hydrogens (tertiary/aromatic N) is 1. The molecule has 35 heavy (non-hydrogen) atoms. The van der Waals surface area contributed by atoms with Crippen LogP contribution >= 0.6 is 0 Å². The number of nitrogens with one attached hydrogen (secondary N) is 1. The van der Waals surface area contributed by atoms with Gasteiger partial charge >= 0.3 is 5.97 Å². The average molecular weight is 469 g/mol. The molecule has 0 bridgehead atoms. The lowest BCUT2D eigenvalue weighted by Crippen LogP contribution is -2.24. The largest absolute Gasteiger partial charge is 0.497 e. The Morgan fingerprint density at radius 1 is 0.886 bits per heavy atom. The SMILES string of the molecule is COc1ccc(C(=O)Oc2ccc3ccccc3c2/C=N/NC(=O)COc2ccc(C)cc2)cc1. The van der Waals surface area contributed by atoms with Crippen molar-refractivity contribution in [3.63, 3.8) is 0 Å². The maximum Gasteiger partial charge on any atom is 0.343 e. The van der Waals surface area contributed by atoms with E-state index in [0.29, 0.717) is 28.4 Å². The van der Waals surface area contributed by atoms with Crippen LogP contribution in [-0.2, 0) is 4.79 Å². The third-order valence-corrected chi connectivity index (χ3v) is 5.23. The van der Waals surface area contributed by atoms with Crippen molar-refractivity contribution in [2.45, 2.75) is 6.92 Å². The van der Waals surface area contributed by atoms with Gasteiger partial charge in [0.15, 0.2) is 6.61 Å². The molecule has 0 aliphatic carbocycles. The van der Waals surface area contributed by atoms with Crippen molar-refractivity contribution in [2.75, 3.05) is 13.7 Å². The standard InChI is InChI=1S/C28H24N2O5/c1-19-7-12-23(13-8-19)34-18-27(31)30-29-17-25-24-6-4-3-5-20(24)11-16-26(25)35-28(32)21-9-14-22(33-2)15-10-21/h3-17H,18H2,1-2H3,(H,30,31)/b29-17+. The second-order valence-electron chi connectivity index (χ2n) is 7.71. The molecule has 4 rings (SSSR count). The number of rotatable bonds is 8. The topological polar surface area (TPSA) is 86.2 Å². The zero-order valence-corrected chi connectivity index (χ0v) is 19.4. The Bertz CT molecular complexity index is 1360. The van der Waals surface area contributed by atoms with Crippen LogP contribution in [0.25, 0.3) is 10.8 Å². The highest BCUT2D eigenvalue weighted by Crippen LogP contribution is 2.27. The van der Waals surface area contributed by atoms with E-state index in [-0.39, 0.29) is 6.61 Å². The fourth-order valence-corrected chi connectivity index (χ4v) is 3.37. The molecule has 0 aliphatic rings. The molecule has 1 amide bonds. The molecule has 4 aromatic carbocycles. The van der Waals surface area contributed by atoms with Crippen molar-refractivity contribution in [3.8, 4) is 17.2 Å². The summed E-state index contributed by atoms with van der Waals surface area (Å²) in [6, 6.07) is 25.2. The predicted octanol–water partition coefficient (Wildman–Crippen LogP) is 4.91. The molecule has 0 aromatic heterocycles. The number of hydrogen-bond donors (Lipinski definition) is 1. The number of benzene rings is 4. The Morgan fingerprint density at radius 2 is 1.60 bits per heavy atom. The summed E-state index contributed by atoms with van der Waals surface area (Å²) in [5.41, 5.74) is 4.49. The van der Waals surface area contributed by atoms with E-state index in [1.807, 2.05) is 49.4 Å². The molecule has 0 saturated carbocycles. The summed E-state index contributed by atoms with van der Waals surface area (Å²) in [4.78, 5) is 24.9. The molecular formula is C28H24N2O5. The first-order valence-corrected chi connectivity index (χ1v) is 10.9. The first-order chi connectivity index (χ1) is 17.0. The van der Waals surface area contributed by atoms with Gasteiger partial charge in [-0.1, -0.05) is 48.0 Å². The first kappa shape index (κ1) is 23.5. The third-order valence-electron chi connectivity index (χ3n) is 5.23. The molecule has 0 aliphatic heterocycles. The highest BCUT2D eigenvalue weighted by atomic mass is 16.5. The van der Waals surface area contributed by atoms with Crippen LogP contribution in [0.15, 0.2) is 90.0 Å². The predicted molar refractivity (Wildman–Crippen MR) is 134 cm³/mol. The molecular weight excluding hydrogens is 444 g/mol. The van der Waals surface area contributed by atoms with Gasteiger partial charge in [-0.2, -0.15) is 5.10 Å². The van der Waals surface area contributed by atoms with Crippen molar-refractivity contribution in [2.24, 2.45) is 5.10 Å². The summed E-state index contributed by atoms with van der Waals surface area (Å²) >= 11 is 0. The lowest BCUT2D eigenvalue weighted by Gasteiger charge is -2.11. The molecule has 176 valence electrons. The van der Waals surface area contributed by atoms with Crippen LogP contribution in [-0.4, -0.2) is 31.8 Å². The van der Waals surface area contributed by atoms with Gasteiger partial charge in [0.2, 0.25) is 0 Å². The molecule has 0 fully saturated rings. The van der Waals surface area contributed by atoms with Gasteiger partial charge in [0.25, 0.3) is 5.91 Å². The Balaban J connectivity index is 1.49. The minimum absolute atomic E-state index is 0.185. The van der Waals surface area contributed by atoms with E-state index in [1.165, 1.54) is 6.21 Å². The van der Waals surface area contributed by atoms with E-state index in [9.17, 15) is 9.59 Å². The van der Waals surface area contributed by atoms with E-state index in [2.05, 4.69) is 10.5 Å². The summed E-state index contributed by atoms with van der Waals surface area (Å²) in [6.07, 6.45) is 1.46. The van der Waals surface area contributed by atoms with Gasteiger partial charge in [0.05, 0.1) is 18.9 Å². The lowest BCUT2D eigenvalue weighted by molar-refractivity contribution is -0.123. The summed E-state index contributed by atoms with van der Waals surface area (Å²) in [6.45, 7) is 1.79. The molecule has 7 heteroatoms. The van der Waals surface area contributed by atoms with Crippen LogP contribution in [0.4, 0.5) is 0 Å².